The molecule has 0 spiro atoms. The monoisotopic (exact) mass is 272 g/mol. The third kappa shape index (κ3) is 3.24. The molecule has 1 aliphatic heterocycles. The number of piperidine rings is 1. The summed E-state index contributed by atoms with van der Waals surface area (Å²) in [4.78, 5) is 2.77. The highest BCUT2D eigenvalue weighted by Crippen LogP contribution is 2.34. The highest BCUT2D eigenvalue weighted by Gasteiger charge is 2.36. The van der Waals surface area contributed by atoms with Crippen molar-refractivity contribution in [3.05, 3.63) is 35.9 Å². The van der Waals surface area contributed by atoms with Crippen LogP contribution >= 0.6 is 0 Å². The third-order valence-corrected chi connectivity index (χ3v) is 5.33. The normalized spacial score (nSPS) is 28.2. The summed E-state index contributed by atoms with van der Waals surface area (Å²) in [6, 6.07) is 11.9. The summed E-state index contributed by atoms with van der Waals surface area (Å²) in [5, 5.41) is 3.35. The summed E-state index contributed by atoms with van der Waals surface area (Å²) in [7, 11) is 2.08. The second-order valence-corrected chi connectivity index (χ2v) is 6.63. The van der Waals surface area contributed by atoms with Gasteiger partial charge >= 0.3 is 0 Å². The zero-order chi connectivity index (χ0) is 13.8. The Labute approximate surface area is 123 Å². The fourth-order valence-electron chi connectivity index (χ4n) is 3.97. The van der Waals surface area contributed by atoms with Crippen molar-refractivity contribution in [3.63, 3.8) is 0 Å². The van der Waals surface area contributed by atoms with E-state index in [0.29, 0.717) is 0 Å². The van der Waals surface area contributed by atoms with Gasteiger partial charge in [0.15, 0.2) is 0 Å². The van der Waals surface area contributed by atoms with E-state index in [-0.39, 0.29) is 0 Å². The standard InChI is InChI=1S/C18H28N2/c1-19-14-17-7-8-18(17)20-11-9-16(10-12-20)13-15-5-3-2-4-6-15/h2-6,16-19H,7-14H2,1H3. The average molecular weight is 272 g/mol. The van der Waals surface area contributed by atoms with Gasteiger partial charge < -0.3 is 10.2 Å². The largest absolute Gasteiger partial charge is 0.319 e. The van der Waals surface area contributed by atoms with Gasteiger partial charge in [-0.1, -0.05) is 30.3 Å². The van der Waals surface area contributed by atoms with Crippen molar-refractivity contribution < 1.29 is 0 Å². The molecule has 1 saturated carbocycles. The maximum absolute atomic E-state index is 3.35. The fourth-order valence-corrected chi connectivity index (χ4v) is 3.97. The Balaban J connectivity index is 1.45. The quantitative estimate of drug-likeness (QED) is 0.886. The Hall–Kier alpha value is -0.860. The summed E-state index contributed by atoms with van der Waals surface area (Å²) in [5.74, 6) is 1.81. The van der Waals surface area contributed by atoms with Crippen molar-refractivity contribution in [2.24, 2.45) is 11.8 Å². The molecule has 1 saturated heterocycles. The fraction of sp³-hybridized carbons (Fsp3) is 0.667. The highest BCUT2D eigenvalue weighted by molar-refractivity contribution is 5.15. The number of hydrogen-bond acceptors (Lipinski definition) is 2. The molecule has 1 aliphatic carbocycles. The molecular weight excluding hydrogens is 244 g/mol. The molecule has 0 radical (unpaired) electrons. The van der Waals surface area contributed by atoms with Crippen molar-refractivity contribution >= 4 is 0 Å². The number of likely N-dealkylation sites (tertiary alicyclic amines) is 1. The predicted molar refractivity (Wildman–Crippen MR) is 84.9 cm³/mol. The van der Waals surface area contributed by atoms with Gasteiger partial charge in [-0.3, -0.25) is 0 Å². The van der Waals surface area contributed by atoms with E-state index in [1.807, 2.05) is 0 Å². The molecule has 2 aliphatic rings. The topological polar surface area (TPSA) is 15.3 Å². The van der Waals surface area contributed by atoms with E-state index < -0.39 is 0 Å². The second-order valence-electron chi connectivity index (χ2n) is 6.63. The van der Waals surface area contributed by atoms with Crippen molar-refractivity contribution in [2.75, 3.05) is 26.7 Å². The van der Waals surface area contributed by atoms with E-state index in [4.69, 9.17) is 0 Å². The molecule has 3 rings (SSSR count). The summed E-state index contributed by atoms with van der Waals surface area (Å²) in [6.45, 7) is 3.85. The first kappa shape index (κ1) is 14.1. The molecule has 0 amide bonds. The molecule has 20 heavy (non-hydrogen) atoms. The van der Waals surface area contributed by atoms with Crippen LogP contribution in [0.25, 0.3) is 0 Å². The van der Waals surface area contributed by atoms with Crippen molar-refractivity contribution in [1.29, 1.82) is 0 Å². The Kier molecular flexibility index (Phi) is 4.74. The van der Waals surface area contributed by atoms with Crippen LogP contribution in [-0.2, 0) is 6.42 Å². The van der Waals surface area contributed by atoms with Gasteiger partial charge in [-0.2, -0.15) is 0 Å². The number of nitrogens with one attached hydrogen (secondary N) is 1. The van der Waals surface area contributed by atoms with Gasteiger partial charge in [0.1, 0.15) is 0 Å². The van der Waals surface area contributed by atoms with Gasteiger partial charge in [0.05, 0.1) is 0 Å². The first-order chi connectivity index (χ1) is 9.86. The number of nitrogens with zero attached hydrogens (tertiary/aromatic N) is 1. The van der Waals surface area contributed by atoms with Crippen LogP contribution in [0, 0.1) is 11.8 Å². The molecule has 0 aromatic heterocycles. The van der Waals surface area contributed by atoms with Crippen LogP contribution in [0.4, 0.5) is 0 Å². The van der Waals surface area contributed by atoms with Crippen molar-refractivity contribution in [2.45, 2.75) is 38.1 Å². The average Bonchev–Trinajstić information content (AvgIpc) is 2.47. The molecular formula is C18H28N2. The van der Waals surface area contributed by atoms with Gasteiger partial charge in [-0.05, 0) is 76.2 Å². The molecule has 1 aromatic rings. The molecule has 1 aromatic carbocycles. The molecule has 2 nitrogen and oxygen atoms in total. The smallest absolute Gasteiger partial charge is 0.0136 e. The number of benzene rings is 1. The molecule has 0 bridgehead atoms. The number of hydrogen-bond donors (Lipinski definition) is 1. The maximum atomic E-state index is 3.35. The van der Waals surface area contributed by atoms with Crippen molar-refractivity contribution in [1.82, 2.24) is 10.2 Å². The van der Waals surface area contributed by atoms with E-state index in [0.717, 1.165) is 17.9 Å². The third-order valence-electron chi connectivity index (χ3n) is 5.33. The lowest BCUT2D eigenvalue weighted by atomic mass is 9.77. The summed E-state index contributed by atoms with van der Waals surface area (Å²) >= 11 is 0. The van der Waals surface area contributed by atoms with E-state index in [1.165, 1.54) is 57.3 Å². The van der Waals surface area contributed by atoms with Gasteiger partial charge in [-0.15, -0.1) is 0 Å². The van der Waals surface area contributed by atoms with Gasteiger partial charge in [0, 0.05) is 6.04 Å². The van der Waals surface area contributed by atoms with Gasteiger partial charge in [0.25, 0.3) is 0 Å². The van der Waals surface area contributed by atoms with E-state index >= 15 is 0 Å². The van der Waals surface area contributed by atoms with Crippen LogP contribution in [0.5, 0.6) is 0 Å². The Morgan fingerprint density at radius 1 is 1.05 bits per heavy atom. The Morgan fingerprint density at radius 3 is 2.40 bits per heavy atom. The SMILES string of the molecule is CNCC1CCC1N1CCC(Cc2ccccc2)CC1. The van der Waals surface area contributed by atoms with Crippen LogP contribution in [0.3, 0.4) is 0 Å². The summed E-state index contributed by atoms with van der Waals surface area (Å²) < 4.78 is 0. The van der Waals surface area contributed by atoms with Crippen LogP contribution in [0.1, 0.15) is 31.2 Å². The Bertz CT molecular complexity index is 395. The first-order valence-electron chi connectivity index (χ1n) is 8.29. The Morgan fingerprint density at radius 2 is 1.80 bits per heavy atom. The lowest BCUT2D eigenvalue weighted by Crippen LogP contribution is -2.52. The van der Waals surface area contributed by atoms with Crippen LogP contribution in [0.15, 0.2) is 30.3 Å². The number of rotatable bonds is 5. The predicted octanol–water partition coefficient (Wildman–Crippen LogP) is 2.94. The highest BCUT2D eigenvalue weighted by atomic mass is 15.2. The molecule has 2 atom stereocenters. The summed E-state index contributed by atoms with van der Waals surface area (Å²) in [5.41, 5.74) is 1.52. The lowest BCUT2D eigenvalue weighted by molar-refractivity contribution is 0.0352. The van der Waals surface area contributed by atoms with E-state index in [9.17, 15) is 0 Å². The zero-order valence-electron chi connectivity index (χ0n) is 12.7. The lowest BCUT2D eigenvalue weighted by Gasteiger charge is -2.47. The van der Waals surface area contributed by atoms with Crippen molar-refractivity contribution in [3.8, 4) is 0 Å². The first-order valence-corrected chi connectivity index (χ1v) is 8.29. The minimum absolute atomic E-state index is 0.875. The van der Waals surface area contributed by atoms with Crippen LogP contribution in [0.2, 0.25) is 0 Å². The zero-order valence-corrected chi connectivity index (χ0v) is 12.7. The maximum Gasteiger partial charge on any atom is 0.0136 e. The minimum Gasteiger partial charge on any atom is -0.319 e. The minimum atomic E-state index is 0.875. The molecule has 2 fully saturated rings. The molecule has 1 heterocycles. The van der Waals surface area contributed by atoms with Crippen LogP contribution < -0.4 is 5.32 Å². The molecule has 2 heteroatoms. The molecule has 2 unspecified atom stereocenters. The van der Waals surface area contributed by atoms with E-state index in [2.05, 4.69) is 47.6 Å². The molecule has 110 valence electrons. The van der Waals surface area contributed by atoms with E-state index in [1.54, 1.807) is 0 Å². The van der Waals surface area contributed by atoms with Gasteiger partial charge in [0.2, 0.25) is 0 Å². The summed E-state index contributed by atoms with van der Waals surface area (Å²) in [6.07, 6.45) is 6.90. The second kappa shape index (κ2) is 6.73. The van der Waals surface area contributed by atoms with Crippen LogP contribution in [-0.4, -0.2) is 37.6 Å². The van der Waals surface area contributed by atoms with Gasteiger partial charge in [-0.25, -0.2) is 0 Å². The molecule has 1 N–H and O–H groups in total.